The lowest BCUT2D eigenvalue weighted by Gasteiger charge is -2.27. The zero-order chi connectivity index (χ0) is 24.0. The van der Waals surface area contributed by atoms with Gasteiger partial charge in [0.15, 0.2) is 0 Å². The second-order valence-corrected chi connectivity index (χ2v) is 8.75. The van der Waals surface area contributed by atoms with Crippen molar-refractivity contribution in [3.05, 3.63) is 86.2 Å². The van der Waals surface area contributed by atoms with E-state index in [1.807, 2.05) is 32.9 Å². The Morgan fingerprint density at radius 2 is 1.64 bits per heavy atom. The Morgan fingerprint density at radius 1 is 0.909 bits per heavy atom. The van der Waals surface area contributed by atoms with Gasteiger partial charge in [-0.15, -0.1) is 0 Å². The third-order valence-corrected chi connectivity index (χ3v) is 6.60. The van der Waals surface area contributed by atoms with Crippen LogP contribution in [0.1, 0.15) is 28.1 Å². The van der Waals surface area contributed by atoms with Crippen LogP contribution in [0.5, 0.6) is 0 Å². The summed E-state index contributed by atoms with van der Waals surface area (Å²) in [5.41, 5.74) is 5.75. The number of anilines is 1. The maximum Gasteiger partial charge on any atom is 0.336 e. The van der Waals surface area contributed by atoms with Crippen LogP contribution in [0.4, 0.5) is 10.5 Å². The Bertz CT molecular complexity index is 1370. The lowest BCUT2D eigenvalue weighted by molar-refractivity contribution is -0.122. The number of rotatable bonds is 3. The summed E-state index contributed by atoms with van der Waals surface area (Å²) in [5, 5.41) is 2.45. The van der Waals surface area contributed by atoms with Gasteiger partial charge in [-0.2, -0.15) is 0 Å². The van der Waals surface area contributed by atoms with Gasteiger partial charge in [0.25, 0.3) is 11.8 Å². The normalized spacial score (nSPS) is 15.4. The second kappa shape index (κ2) is 8.54. The van der Waals surface area contributed by atoms with Gasteiger partial charge in [-0.05, 0) is 80.8 Å². The fourth-order valence-corrected chi connectivity index (χ4v) is 4.27. The molecule has 1 aliphatic rings. The first kappa shape index (κ1) is 22.8. The molecule has 8 heteroatoms. The van der Waals surface area contributed by atoms with Gasteiger partial charge in [-0.1, -0.05) is 35.3 Å². The van der Waals surface area contributed by atoms with E-state index in [0.29, 0.717) is 5.56 Å². The van der Waals surface area contributed by atoms with E-state index in [1.54, 1.807) is 12.1 Å². The van der Waals surface area contributed by atoms with Gasteiger partial charge in [0.1, 0.15) is 5.57 Å². The lowest BCUT2D eigenvalue weighted by Crippen LogP contribution is -2.54. The maximum absolute atomic E-state index is 13.2. The zero-order valence-electron chi connectivity index (χ0n) is 18.5. The van der Waals surface area contributed by atoms with E-state index in [9.17, 15) is 14.4 Å². The van der Waals surface area contributed by atoms with E-state index in [4.69, 9.17) is 23.2 Å². The third kappa shape index (κ3) is 3.96. The van der Waals surface area contributed by atoms with Crippen LogP contribution in [-0.4, -0.2) is 22.4 Å². The molecule has 4 rings (SSSR count). The Hall–Kier alpha value is -3.35. The Morgan fingerprint density at radius 3 is 2.33 bits per heavy atom. The minimum atomic E-state index is -0.882. The second-order valence-electron chi connectivity index (χ2n) is 7.96. The van der Waals surface area contributed by atoms with Gasteiger partial charge in [-0.25, -0.2) is 9.69 Å². The van der Waals surface area contributed by atoms with Gasteiger partial charge >= 0.3 is 6.03 Å². The van der Waals surface area contributed by atoms with Crippen molar-refractivity contribution in [3.63, 3.8) is 0 Å². The molecule has 4 amide bonds. The van der Waals surface area contributed by atoms with Crippen LogP contribution in [0.25, 0.3) is 11.8 Å². The molecule has 0 saturated carbocycles. The number of hydrogen-bond donors (Lipinski definition) is 1. The fraction of sp³-hybridized carbons (Fsp3) is 0.160. The van der Waals surface area contributed by atoms with Gasteiger partial charge in [-0.3, -0.25) is 14.9 Å². The molecule has 0 atom stereocenters. The molecule has 1 N–H and O–H groups in total. The summed E-state index contributed by atoms with van der Waals surface area (Å²) >= 11 is 12.3. The van der Waals surface area contributed by atoms with Crippen molar-refractivity contribution in [2.24, 2.45) is 0 Å². The topological polar surface area (TPSA) is 71.4 Å². The number of imide groups is 2. The molecule has 1 fully saturated rings. The molecular formula is C25H21Cl2N3O3. The Balaban J connectivity index is 1.79. The summed E-state index contributed by atoms with van der Waals surface area (Å²) < 4.78 is 2.06. The summed E-state index contributed by atoms with van der Waals surface area (Å²) in [7, 11) is 0. The first-order chi connectivity index (χ1) is 15.6. The SMILES string of the molecule is Cc1ccc(-n2c(C)cc(/C=C3\C(=O)NC(=O)N(c4cccc(Cl)c4Cl)C3=O)c2C)cc1C. The molecule has 33 heavy (non-hydrogen) atoms. The van der Waals surface area contributed by atoms with Gasteiger partial charge < -0.3 is 4.57 Å². The Kier molecular flexibility index (Phi) is 5.91. The fourth-order valence-electron chi connectivity index (χ4n) is 3.89. The molecule has 1 aliphatic heterocycles. The summed E-state index contributed by atoms with van der Waals surface area (Å²) in [6, 6.07) is 11.8. The summed E-state index contributed by atoms with van der Waals surface area (Å²) in [5.74, 6) is -1.54. The van der Waals surface area contributed by atoms with E-state index in [2.05, 4.69) is 28.9 Å². The van der Waals surface area contributed by atoms with Crippen molar-refractivity contribution in [2.75, 3.05) is 4.90 Å². The monoisotopic (exact) mass is 481 g/mol. The molecule has 168 valence electrons. The molecule has 3 aromatic rings. The highest BCUT2D eigenvalue weighted by Crippen LogP contribution is 2.34. The lowest BCUT2D eigenvalue weighted by atomic mass is 10.1. The highest BCUT2D eigenvalue weighted by molar-refractivity contribution is 6.46. The first-order valence-electron chi connectivity index (χ1n) is 10.2. The molecule has 0 bridgehead atoms. The molecule has 6 nitrogen and oxygen atoms in total. The maximum atomic E-state index is 13.2. The number of amides is 4. The molecular weight excluding hydrogens is 461 g/mol. The molecule has 1 aromatic heterocycles. The van der Waals surface area contributed by atoms with Crippen molar-refractivity contribution in [1.82, 2.24) is 9.88 Å². The molecule has 0 unspecified atom stereocenters. The summed E-state index contributed by atoms with van der Waals surface area (Å²) in [6.45, 7) is 7.97. The predicted octanol–water partition coefficient (Wildman–Crippen LogP) is 5.68. The molecule has 2 aromatic carbocycles. The molecule has 0 spiro atoms. The van der Waals surface area contributed by atoms with Crippen LogP contribution in [0.3, 0.4) is 0 Å². The van der Waals surface area contributed by atoms with E-state index in [-0.39, 0.29) is 21.3 Å². The van der Waals surface area contributed by atoms with Crippen LogP contribution >= 0.6 is 23.2 Å². The van der Waals surface area contributed by atoms with Crippen molar-refractivity contribution >= 4 is 52.8 Å². The molecule has 0 radical (unpaired) electrons. The molecule has 1 saturated heterocycles. The zero-order valence-corrected chi connectivity index (χ0v) is 20.0. The van der Waals surface area contributed by atoms with E-state index in [1.165, 1.54) is 17.7 Å². The third-order valence-electron chi connectivity index (χ3n) is 5.79. The number of aryl methyl sites for hydroxylation is 3. The van der Waals surface area contributed by atoms with Crippen molar-refractivity contribution in [2.45, 2.75) is 27.7 Å². The van der Waals surface area contributed by atoms with Crippen LogP contribution in [-0.2, 0) is 9.59 Å². The van der Waals surface area contributed by atoms with Crippen molar-refractivity contribution in [3.8, 4) is 5.69 Å². The number of carbonyl (C=O) groups excluding carboxylic acids is 3. The average Bonchev–Trinajstić information content (AvgIpc) is 3.03. The number of urea groups is 1. The Labute approximate surface area is 201 Å². The quantitative estimate of drug-likeness (QED) is 0.386. The minimum Gasteiger partial charge on any atom is -0.318 e. The van der Waals surface area contributed by atoms with E-state index in [0.717, 1.165) is 27.5 Å². The van der Waals surface area contributed by atoms with Crippen LogP contribution in [0.2, 0.25) is 10.0 Å². The summed E-state index contributed by atoms with van der Waals surface area (Å²) in [6.07, 6.45) is 1.50. The number of halogens is 2. The largest absolute Gasteiger partial charge is 0.336 e. The average molecular weight is 482 g/mol. The van der Waals surface area contributed by atoms with E-state index < -0.39 is 17.8 Å². The number of nitrogens with zero attached hydrogens (tertiary/aromatic N) is 2. The molecule has 2 heterocycles. The van der Waals surface area contributed by atoms with Crippen molar-refractivity contribution in [1.29, 1.82) is 0 Å². The number of aromatic nitrogens is 1. The summed E-state index contributed by atoms with van der Waals surface area (Å²) in [4.78, 5) is 39.1. The van der Waals surface area contributed by atoms with Gasteiger partial charge in [0, 0.05) is 17.1 Å². The number of nitrogens with one attached hydrogen (secondary N) is 1. The van der Waals surface area contributed by atoms with Gasteiger partial charge in [0.2, 0.25) is 0 Å². The minimum absolute atomic E-state index is 0.0456. The highest BCUT2D eigenvalue weighted by atomic mass is 35.5. The smallest absolute Gasteiger partial charge is 0.318 e. The van der Waals surface area contributed by atoms with Crippen LogP contribution in [0.15, 0.2) is 48.0 Å². The van der Waals surface area contributed by atoms with Crippen LogP contribution < -0.4 is 10.2 Å². The van der Waals surface area contributed by atoms with Crippen LogP contribution in [0, 0.1) is 27.7 Å². The van der Waals surface area contributed by atoms with Crippen molar-refractivity contribution < 1.29 is 14.4 Å². The number of carbonyl (C=O) groups is 3. The van der Waals surface area contributed by atoms with E-state index >= 15 is 0 Å². The first-order valence-corrected chi connectivity index (χ1v) is 11.0. The standard InChI is InChI=1S/C25H21Cl2N3O3/c1-13-8-9-18(10-14(13)2)29-15(3)11-17(16(29)4)12-19-23(31)28-25(33)30(24(19)32)21-7-5-6-20(26)22(21)27/h5-12H,1-4H3,(H,28,31,33)/b19-12+. The molecule has 0 aliphatic carbocycles. The number of benzene rings is 2. The number of hydrogen-bond acceptors (Lipinski definition) is 3. The predicted molar refractivity (Wildman–Crippen MR) is 130 cm³/mol. The highest BCUT2D eigenvalue weighted by Gasteiger charge is 2.38. The van der Waals surface area contributed by atoms with Gasteiger partial charge in [0.05, 0.1) is 15.7 Å². The number of barbiturate groups is 1.